The molecule has 0 bridgehead atoms. The van der Waals surface area contributed by atoms with Crippen LogP contribution in [0.1, 0.15) is 29.8 Å². The van der Waals surface area contributed by atoms with Crippen LogP contribution in [0.25, 0.3) is 0 Å². The van der Waals surface area contributed by atoms with Gasteiger partial charge in [-0.2, -0.15) is 0 Å². The molecule has 25 heavy (non-hydrogen) atoms. The SMILES string of the molecule is O=C(c1cnccn1)N1CCCC2(CC(Oc3ncccn3)CO2)C1. The molecule has 0 aliphatic carbocycles. The van der Waals surface area contributed by atoms with Crippen molar-refractivity contribution in [2.45, 2.75) is 31.0 Å². The summed E-state index contributed by atoms with van der Waals surface area (Å²) >= 11 is 0. The molecular formula is C17H19N5O3. The molecule has 130 valence electrons. The summed E-state index contributed by atoms with van der Waals surface area (Å²) < 4.78 is 11.9. The van der Waals surface area contributed by atoms with Gasteiger partial charge in [0.1, 0.15) is 11.8 Å². The van der Waals surface area contributed by atoms with Gasteiger partial charge in [-0.3, -0.25) is 9.78 Å². The van der Waals surface area contributed by atoms with E-state index in [4.69, 9.17) is 9.47 Å². The van der Waals surface area contributed by atoms with E-state index in [0.29, 0.717) is 31.4 Å². The Morgan fingerprint density at radius 3 is 2.92 bits per heavy atom. The molecule has 8 nitrogen and oxygen atoms in total. The lowest BCUT2D eigenvalue weighted by atomic mass is 9.89. The van der Waals surface area contributed by atoms with Crippen LogP contribution >= 0.6 is 0 Å². The van der Waals surface area contributed by atoms with E-state index in [1.807, 2.05) is 0 Å². The fourth-order valence-corrected chi connectivity index (χ4v) is 3.50. The molecule has 0 N–H and O–H groups in total. The van der Waals surface area contributed by atoms with E-state index in [-0.39, 0.29) is 17.6 Å². The van der Waals surface area contributed by atoms with E-state index in [1.165, 1.54) is 12.4 Å². The van der Waals surface area contributed by atoms with E-state index in [9.17, 15) is 4.79 Å². The second kappa shape index (κ2) is 6.72. The third kappa shape index (κ3) is 3.43. The summed E-state index contributed by atoms with van der Waals surface area (Å²) in [6, 6.07) is 2.10. The van der Waals surface area contributed by atoms with Crippen molar-refractivity contribution in [1.29, 1.82) is 0 Å². The van der Waals surface area contributed by atoms with E-state index < -0.39 is 0 Å². The summed E-state index contributed by atoms with van der Waals surface area (Å²) in [6.07, 6.45) is 10.3. The molecule has 2 fully saturated rings. The van der Waals surface area contributed by atoms with Gasteiger partial charge in [0.25, 0.3) is 5.91 Å². The monoisotopic (exact) mass is 341 g/mol. The quantitative estimate of drug-likeness (QED) is 0.826. The zero-order chi connectivity index (χ0) is 17.1. The van der Waals surface area contributed by atoms with Crippen molar-refractivity contribution in [2.24, 2.45) is 0 Å². The highest BCUT2D eigenvalue weighted by molar-refractivity contribution is 5.92. The predicted molar refractivity (Wildman–Crippen MR) is 86.9 cm³/mol. The van der Waals surface area contributed by atoms with Crippen LogP contribution in [-0.2, 0) is 4.74 Å². The van der Waals surface area contributed by atoms with Gasteiger partial charge in [-0.1, -0.05) is 0 Å². The first kappa shape index (κ1) is 15.9. The summed E-state index contributed by atoms with van der Waals surface area (Å²) in [7, 11) is 0. The zero-order valence-electron chi connectivity index (χ0n) is 13.7. The van der Waals surface area contributed by atoms with Gasteiger partial charge in [-0.25, -0.2) is 15.0 Å². The van der Waals surface area contributed by atoms with Crippen molar-refractivity contribution >= 4 is 5.91 Å². The van der Waals surface area contributed by atoms with Gasteiger partial charge in [0.15, 0.2) is 0 Å². The topological polar surface area (TPSA) is 90.3 Å². The Kier molecular flexibility index (Phi) is 4.27. The molecule has 2 aliphatic heterocycles. The van der Waals surface area contributed by atoms with Gasteiger partial charge in [-0.15, -0.1) is 0 Å². The van der Waals surface area contributed by atoms with Crippen molar-refractivity contribution in [3.63, 3.8) is 0 Å². The Hall–Kier alpha value is -2.61. The molecule has 2 saturated heterocycles. The van der Waals surface area contributed by atoms with Crippen LogP contribution in [0.3, 0.4) is 0 Å². The van der Waals surface area contributed by atoms with Gasteiger partial charge >= 0.3 is 6.01 Å². The summed E-state index contributed by atoms with van der Waals surface area (Å²) in [4.78, 5) is 30.7. The summed E-state index contributed by atoms with van der Waals surface area (Å²) in [6.45, 7) is 1.72. The standard InChI is InChI=1S/C17H19N5O3/c23-15(14-10-18-6-7-19-14)22-8-1-3-17(12-22)9-13(11-24-17)25-16-20-4-2-5-21-16/h2,4-7,10,13H,1,3,8-9,11-12H2. The van der Waals surface area contributed by atoms with Crippen molar-refractivity contribution < 1.29 is 14.3 Å². The molecule has 4 rings (SSSR count). The lowest BCUT2D eigenvalue weighted by molar-refractivity contribution is -0.0455. The number of ether oxygens (including phenoxy) is 2. The molecule has 1 spiro atoms. The molecule has 4 heterocycles. The molecular weight excluding hydrogens is 322 g/mol. The van der Waals surface area contributed by atoms with E-state index in [0.717, 1.165) is 19.3 Å². The number of carbonyl (C=O) groups excluding carboxylic acids is 1. The average Bonchev–Trinajstić information content (AvgIpc) is 3.04. The van der Waals surface area contributed by atoms with Gasteiger partial charge in [0.05, 0.1) is 24.9 Å². The van der Waals surface area contributed by atoms with Crippen LogP contribution in [0.15, 0.2) is 37.1 Å². The Morgan fingerprint density at radius 1 is 1.24 bits per heavy atom. The van der Waals surface area contributed by atoms with Crippen LogP contribution in [0, 0.1) is 0 Å². The smallest absolute Gasteiger partial charge is 0.316 e. The number of likely N-dealkylation sites (tertiary alicyclic amines) is 1. The average molecular weight is 341 g/mol. The molecule has 2 aromatic heterocycles. The van der Waals surface area contributed by atoms with Crippen molar-refractivity contribution in [2.75, 3.05) is 19.7 Å². The molecule has 0 saturated carbocycles. The maximum atomic E-state index is 12.6. The van der Waals surface area contributed by atoms with E-state index in [1.54, 1.807) is 29.6 Å². The lowest BCUT2D eigenvalue weighted by Crippen LogP contribution is -2.50. The number of hydrogen-bond donors (Lipinski definition) is 0. The number of nitrogens with zero attached hydrogens (tertiary/aromatic N) is 5. The van der Waals surface area contributed by atoms with Crippen LogP contribution in [0.2, 0.25) is 0 Å². The Bertz CT molecular complexity index is 730. The molecule has 2 unspecified atom stereocenters. The summed E-state index contributed by atoms with van der Waals surface area (Å²) in [5, 5.41) is 0. The maximum absolute atomic E-state index is 12.6. The second-order valence-electron chi connectivity index (χ2n) is 6.39. The first-order valence-corrected chi connectivity index (χ1v) is 8.37. The fraction of sp³-hybridized carbons (Fsp3) is 0.471. The van der Waals surface area contributed by atoms with Gasteiger partial charge in [0, 0.05) is 37.8 Å². The first-order chi connectivity index (χ1) is 12.2. The fourth-order valence-electron chi connectivity index (χ4n) is 3.50. The predicted octanol–water partition coefficient (Wildman–Crippen LogP) is 1.11. The van der Waals surface area contributed by atoms with Gasteiger partial charge in [-0.05, 0) is 18.9 Å². The Morgan fingerprint density at radius 2 is 2.12 bits per heavy atom. The van der Waals surface area contributed by atoms with Crippen LogP contribution in [0.4, 0.5) is 0 Å². The van der Waals surface area contributed by atoms with E-state index >= 15 is 0 Å². The number of hydrogen-bond acceptors (Lipinski definition) is 7. The minimum atomic E-state index is -0.366. The van der Waals surface area contributed by atoms with Gasteiger partial charge < -0.3 is 14.4 Å². The van der Waals surface area contributed by atoms with Crippen molar-refractivity contribution in [3.8, 4) is 6.01 Å². The minimum absolute atomic E-state index is 0.103. The van der Waals surface area contributed by atoms with Crippen molar-refractivity contribution in [1.82, 2.24) is 24.8 Å². The highest BCUT2D eigenvalue weighted by atomic mass is 16.6. The Labute approximate surface area is 145 Å². The maximum Gasteiger partial charge on any atom is 0.316 e. The van der Waals surface area contributed by atoms with Gasteiger partial charge in [0.2, 0.25) is 0 Å². The number of piperidine rings is 1. The Balaban J connectivity index is 1.42. The molecule has 2 atom stereocenters. The number of aromatic nitrogens is 4. The second-order valence-corrected chi connectivity index (χ2v) is 6.39. The third-order valence-corrected chi connectivity index (χ3v) is 4.60. The highest BCUT2D eigenvalue weighted by Gasteiger charge is 2.45. The molecule has 8 heteroatoms. The zero-order valence-corrected chi connectivity index (χ0v) is 13.7. The lowest BCUT2D eigenvalue weighted by Gasteiger charge is -2.39. The minimum Gasteiger partial charge on any atom is -0.458 e. The van der Waals surface area contributed by atoms with Crippen LogP contribution in [-0.4, -0.2) is 62.1 Å². The molecule has 0 aromatic carbocycles. The number of amides is 1. The van der Waals surface area contributed by atoms with Crippen LogP contribution < -0.4 is 4.74 Å². The first-order valence-electron chi connectivity index (χ1n) is 8.37. The number of rotatable bonds is 3. The summed E-state index contributed by atoms with van der Waals surface area (Å²) in [5.41, 5.74) is -0.00159. The third-order valence-electron chi connectivity index (χ3n) is 4.60. The molecule has 2 aromatic rings. The molecule has 1 amide bonds. The van der Waals surface area contributed by atoms with Crippen LogP contribution in [0.5, 0.6) is 6.01 Å². The van der Waals surface area contributed by atoms with E-state index in [2.05, 4.69) is 19.9 Å². The highest BCUT2D eigenvalue weighted by Crippen LogP contribution is 2.36. The molecule has 2 aliphatic rings. The number of carbonyl (C=O) groups is 1. The summed E-state index contributed by atoms with van der Waals surface area (Å²) in [5.74, 6) is -0.105. The molecule has 0 radical (unpaired) electrons. The normalized spacial score (nSPS) is 25.9. The largest absolute Gasteiger partial charge is 0.458 e. The van der Waals surface area contributed by atoms with Crippen molar-refractivity contribution in [3.05, 3.63) is 42.7 Å².